The summed E-state index contributed by atoms with van der Waals surface area (Å²) in [4.78, 5) is 16.9. The number of amides is 2. The fraction of sp³-hybridized carbons (Fsp3) is 0.800. The van der Waals surface area contributed by atoms with Crippen molar-refractivity contribution in [1.82, 2.24) is 24.9 Å². The Bertz CT molecular complexity index is 599. The van der Waals surface area contributed by atoms with Gasteiger partial charge in [-0.2, -0.15) is 5.10 Å². The number of likely N-dealkylation sites (tertiary alicyclic amines) is 1. The Morgan fingerprint density at radius 3 is 2.93 bits per heavy atom. The van der Waals surface area contributed by atoms with E-state index in [1.807, 2.05) is 29.9 Å². The highest BCUT2D eigenvalue weighted by atomic mass is 16.5. The molecule has 3 atom stereocenters. The van der Waals surface area contributed by atoms with E-state index in [1.165, 1.54) is 12.0 Å². The molecular weight excluding hydrogens is 342 g/mol. The van der Waals surface area contributed by atoms with Crippen LogP contribution in [0, 0.1) is 5.92 Å². The minimum atomic E-state index is 0.0200. The van der Waals surface area contributed by atoms with Crippen LogP contribution in [0.2, 0.25) is 0 Å². The fourth-order valence-corrected chi connectivity index (χ4v) is 4.56. The molecule has 27 heavy (non-hydrogen) atoms. The van der Waals surface area contributed by atoms with Gasteiger partial charge in [0.1, 0.15) is 0 Å². The summed E-state index contributed by atoms with van der Waals surface area (Å²) in [6, 6.07) is 0.353. The number of hydrogen-bond donors (Lipinski definition) is 1. The molecule has 0 radical (unpaired) electrons. The summed E-state index contributed by atoms with van der Waals surface area (Å²) in [5.74, 6) is 0.428. The lowest BCUT2D eigenvalue weighted by atomic mass is 9.85. The van der Waals surface area contributed by atoms with E-state index < -0.39 is 0 Å². The van der Waals surface area contributed by atoms with Gasteiger partial charge in [0, 0.05) is 51.6 Å². The van der Waals surface area contributed by atoms with Crippen LogP contribution in [0.3, 0.4) is 0 Å². The van der Waals surface area contributed by atoms with Gasteiger partial charge in [0.2, 0.25) is 0 Å². The molecule has 1 N–H and O–H groups in total. The summed E-state index contributed by atoms with van der Waals surface area (Å²) in [7, 11) is 3.87. The molecule has 0 aliphatic carbocycles. The Hall–Kier alpha value is -1.60. The first-order valence-electron chi connectivity index (χ1n) is 10.4. The van der Waals surface area contributed by atoms with Gasteiger partial charge in [0.25, 0.3) is 0 Å². The Labute approximate surface area is 163 Å². The molecule has 2 fully saturated rings. The maximum absolute atomic E-state index is 12.5. The molecule has 7 nitrogen and oxygen atoms in total. The zero-order valence-electron chi connectivity index (χ0n) is 17.1. The van der Waals surface area contributed by atoms with Gasteiger partial charge >= 0.3 is 6.03 Å². The molecule has 3 rings (SSSR count). The van der Waals surface area contributed by atoms with Crippen LogP contribution in [0.4, 0.5) is 4.79 Å². The molecule has 2 aliphatic rings. The topological polar surface area (TPSA) is 62.6 Å². The van der Waals surface area contributed by atoms with Crippen molar-refractivity contribution < 1.29 is 9.53 Å². The Morgan fingerprint density at radius 2 is 2.26 bits per heavy atom. The van der Waals surface area contributed by atoms with Crippen LogP contribution in [0.25, 0.3) is 0 Å². The quantitative estimate of drug-likeness (QED) is 0.793. The second-order valence-electron chi connectivity index (χ2n) is 7.96. The predicted octanol–water partition coefficient (Wildman–Crippen LogP) is 2.40. The van der Waals surface area contributed by atoms with E-state index in [-0.39, 0.29) is 6.03 Å². The van der Waals surface area contributed by atoms with Crippen molar-refractivity contribution in [3.63, 3.8) is 0 Å². The second-order valence-corrected chi connectivity index (χ2v) is 7.96. The first-order valence-corrected chi connectivity index (χ1v) is 10.4. The van der Waals surface area contributed by atoms with Crippen molar-refractivity contribution in [1.29, 1.82) is 0 Å². The molecule has 1 unspecified atom stereocenters. The number of carbonyl (C=O) groups is 1. The summed E-state index contributed by atoms with van der Waals surface area (Å²) < 4.78 is 7.50. The van der Waals surface area contributed by atoms with Crippen molar-refractivity contribution in [2.75, 3.05) is 39.8 Å². The number of rotatable bonds is 7. The Morgan fingerprint density at radius 1 is 1.41 bits per heavy atom. The summed E-state index contributed by atoms with van der Waals surface area (Å²) in [5.41, 5.74) is 1.26. The highest BCUT2D eigenvalue weighted by molar-refractivity contribution is 5.73. The van der Waals surface area contributed by atoms with Crippen LogP contribution < -0.4 is 5.32 Å². The Balaban J connectivity index is 1.55. The summed E-state index contributed by atoms with van der Waals surface area (Å²) in [6.45, 7) is 6.67. The molecule has 3 heterocycles. The third kappa shape index (κ3) is 5.23. The zero-order chi connectivity index (χ0) is 19.2. The van der Waals surface area contributed by atoms with Gasteiger partial charge < -0.3 is 15.0 Å². The SMILES string of the molecule is CCN1CCC[C@@H](CN(C)C(=O)NCCC2CCCO2)[C@@H]1c1cnn(C)c1. The number of aryl methyl sites for hydroxylation is 1. The van der Waals surface area contributed by atoms with Gasteiger partial charge in [0.05, 0.1) is 12.3 Å². The van der Waals surface area contributed by atoms with Crippen LogP contribution in [0.1, 0.15) is 50.6 Å². The molecule has 2 aliphatic heterocycles. The zero-order valence-corrected chi connectivity index (χ0v) is 17.1. The van der Waals surface area contributed by atoms with Gasteiger partial charge in [-0.15, -0.1) is 0 Å². The largest absolute Gasteiger partial charge is 0.378 e. The predicted molar refractivity (Wildman–Crippen MR) is 106 cm³/mol. The average molecular weight is 378 g/mol. The van der Waals surface area contributed by atoms with Crippen molar-refractivity contribution in [2.45, 2.75) is 51.2 Å². The van der Waals surface area contributed by atoms with E-state index in [9.17, 15) is 4.79 Å². The molecule has 2 saturated heterocycles. The van der Waals surface area contributed by atoms with Crippen LogP contribution in [-0.2, 0) is 11.8 Å². The van der Waals surface area contributed by atoms with Crippen molar-refractivity contribution in [3.05, 3.63) is 18.0 Å². The van der Waals surface area contributed by atoms with Crippen molar-refractivity contribution in [3.8, 4) is 0 Å². The Kier molecular flexibility index (Phi) is 7.13. The maximum Gasteiger partial charge on any atom is 0.317 e. The van der Waals surface area contributed by atoms with Crippen molar-refractivity contribution in [2.24, 2.45) is 13.0 Å². The number of ether oxygens (including phenoxy) is 1. The van der Waals surface area contributed by atoms with Crippen LogP contribution in [0.15, 0.2) is 12.4 Å². The summed E-state index contributed by atoms with van der Waals surface area (Å²) >= 11 is 0. The molecule has 0 saturated carbocycles. The standard InChI is InChI=1S/C20H35N5O2/c1-4-25-11-5-7-16(19(25)17-13-22-24(3)15-17)14-23(2)20(26)21-10-9-18-8-6-12-27-18/h13,15-16,18-19H,4-12,14H2,1-3H3,(H,21,26)/t16-,18?,19+/m0/s1. The van der Waals surface area contributed by atoms with E-state index in [0.717, 1.165) is 51.9 Å². The number of aromatic nitrogens is 2. The molecule has 0 spiro atoms. The maximum atomic E-state index is 12.5. The second kappa shape index (κ2) is 9.55. The fourth-order valence-electron chi connectivity index (χ4n) is 4.56. The van der Waals surface area contributed by atoms with Crippen molar-refractivity contribution >= 4 is 6.03 Å². The monoisotopic (exact) mass is 377 g/mol. The average Bonchev–Trinajstić information content (AvgIpc) is 3.33. The highest BCUT2D eigenvalue weighted by Gasteiger charge is 2.34. The number of piperidine rings is 1. The third-order valence-electron chi connectivity index (χ3n) is 5.95. The molecule has 1 aromatic rings. The van der Waals surface area contributed by atoms with Gasteiger partial charge in [-0.05, 0) is 51.1 Å². The van der Waals surface area contributed by atoms with Crippen LogP contribution in [-0.4, -0.2) is 71.5 Å². The van der Waals surface area contributed by atoms with Gasteiger partial charge in [-0.25, -0.2) is 4.79 Å². The van der Waals surface area contributed by atoms with E-state index in [0.29, 0.717) is 24.6 Å². The number of nitrogens with zero attached hydrogens (tertiary/aromatic N) is 4. The lowest BCUT2D eigenvalue weighted by Crippen LogP contribution is -2.46. The summed E-state index contributed by atoms with van der Waals surface area (Å²) in [5, 5.41) is 7.43. The van der Waals surface area contributed by atoms with E-state index in [1.54, 1.807) is 0 Å². The molecule has 2 amide bonds. The molecule has 0 bridgehead atoms. The van der Waals surface area contributed by atoms with E-state index in [4.69, 9.17) is 4.74 Å². The lowest BCUT2D eigenvalue weighted by molar-refractivity contribution is 0.0808. The van der Waals surface area contributed by atoms with Gasteiger partial charge in [0.15, 0.2) is 0 Å². The normalized spacial score (nSPS) is 26.3. The smallest absolute Gasteiger partial charge is 0.317 e. The third-order valence-corrected chi connectivity index (χ3v) is 5.95. The van der Waals surface area contributed by atoms with Crippen LogP contribution >= 0.6 is 0 Å². The van der Waals surface area contributed by atoms with Crippen LogP contribution in [0.5, 0.6) is 0 Å². The lowest BCUT2D eigenvalue weighted by Gasteiger charge is -2.42. The van der Waals surface area contributed by atoms with Gasteiger partial charge in [-0.1, -0.05) is 6.92 Å². The molecule has 152 valence electrons. The van der Waals surface area contributed by atoms with Gasteiger partial charge in [-0.3, -0.25) is 9.58 Å². The minimum Gasteiger partial charge on any atom is -0.378 e. The number of urea groups is 1. The molecule has 0 aromatic carbocycles. The first-order chi connectivity index (χ1) is 13.1. The number of hydrogen-bond acceptors (Lipinski definition) is 4. The molecular formula is C20H35N5O2. The highest BCUT2D eigenvalue weighted by Crippen LogP contribution is 2.36. The summed E-state index contributed by atoms with van der Waals surface area (Å²) in [6.07, 6.45) is 9.91. The molecule has 1 aromatic heterocycles. The molecule has 7 heteroatoms. The number of nitrogens with one attached hydrogen (secondary N) is 1. The first kappa shape index (κ1) is 20.1. The van der Waals surface area contributed by atoms with E-state index in [2.05, 4.69) is 28.4 Å². The number of carbonyl (C=O) groups excluding carboxylic acids is 1. The van der Waals surface area contributed by atoms with E-state index >= 15 is 0 Å². The minimum absolute atomic E-state index is 0.0200.